The van der Waals surface area contributed by atoms with Gasteiger partial charge in [-0.15, -0.1) is 0 Å². The number of anilines is 1. The first-order valence-electron chi connectivity index (χ1n) is 10.5. The van der Waals surface area contributed by atoms with Crippen LogP contribution < -0.4 is 9.62 Å². The van der Waals surface area contributed by atoms with Gasteiger partial charge in [-0.3, -0.25) is 4.79 Å². The van der Waals surface area contributed by atoms with E-state index in [1.54, 1.807) is 24.1 Å². The fourth-order valence-corrected chi connectivity index (χ4v) is 4.98. The smallest absolute Gasteiger partial charge is 0.253 e. The van der Waals surface area contributed by atoms with E-state index in [9.17, 15) is 13.2 Å². The van der Waals surface area contributed by atoms with Crippen LogP contribution in [0.2, 0.25) is 0 Å². The van der Waals surface area contributed by atoms with Crippen LogP contribution in [0.1, 0.15) is 49.0 Å². The third-order valence-electron chi connectivity index (χ3n) is 5.57. The molecule has 1 amide bonds. The lowest BCUT2D eigenvalue weighted by atomic mass is 10.1. The molecule has 1 aliphatic rings. The van der Waals surface area contributed by atoms with E-state index in [4.69, 9.17) is 0 Å². The normalized spacial score (nSPS) is 15.2. The molecule has 0 aliphatic carbocycles. The molecule has 1 unspecified atom stereocenters. The van der Waals surface area contributed by atoms with Crippen LogP contribution in [-0.2, 0) is 16.6 Å². The largest absolute Gasteiger partial charge is 0.371 e. The van der Waals surface area contributed by atoms with Gasteiger partial charge in [-0.25, -0.2) is 13.1 Å². The van der Waals surface area contributed by atoms with Crippen molar-refractivity contribution in [3.63, 3.8) is 0 Å². The molecule has 30 heavy (non-hydrogen) atoms. The van der Waals surface area contributed by atoms with Crippen molar-refractivity contribution in [3.05, 3.63) is 59.7 Å². The molecule has 1 aliphatic heterocycles. The minimum absolute atomic E-state index is 0.134. The summed E-state index contributed by atoms with van der Waals surface area (Å²) in [6.45, 7) is 6.35. The third-order valence-corrected chi connectivity index (χ3v) is 7.18. The van der Waals surface area contributed by atoms with E-state index < -0.39 is 10.0 Å². The lowest BCUT2D eigenvalue weighted by Gasteiger charge is -2.24. The van der Waals surface area contributed by atoms with Crippen LogP contribution in [0, 0.1) is 0 Å². The zero-order valence-electron chi connectivity index (χ0n) is 18.0. The molecule has 6 nitrogen and oxygen atoms in total. The lowest BCUT2D eigenvalue weighted by Crippen LogP contribution is -2.32. The Labute approximate surface area is 179 Å². The molecule has 2 aromatic carbocycles. The second-order valence-corrected chi connectivity index (χ2v) is 9.65. The number of hydrogen-bond donors (Lipinski definition) is 1. The molecular formula is C23H31N3O3S. The van der Waals surface area contributed by atoms with Gasteiger partial charge < -0.3 is 9.80 Å². The van der Waals surface area contributed by atoms with Gasteiger partial charge in [-0.2, -0.15) is 0 Å². The Balaban J connectivity index is 1.71. The fraction of sp³-hybridized carbons (Fsp3) is 0.435. The summed E-state index contributed by atoms with van der Waals surface area (Å²) in [5, 5.41) is 0. The summed E-state index contributed by atoms with van der Waals surface area (Å²) < 4.78 is 27.5. The van der Waals surface area contributed by atoms with Crippen molar-refractivity contribution in [1.29, 1.82) is 0 Å². The Morgan fingerprint density at radius 1 is 1.10 bits per heavy atom. The zero-order valence-corrected chi connectivity index (χ0v) is 18.8. The number of carbonyl (C=O) groups excluding carboxylic acids is 1. The van der Waals surface area contributed by atoms with E-state index in [1.807, 2.05) is 26.0 Å². The number of hydrogen-bond acceptors (Lipinski definition) is 4. The average molecular weight is 430 g/mol. The molecule has 0 aromatic heterocycles. The SMILES string of the molecule is CCC(C)NS(=O)(=O)c1ccc(C(=O)N(C)Cc2ccccc2N2CCCC2)cc1. The van der Waals surface area contributed by atoms with Gasteiger partial charge in [-0.05, 0) is 62.1 Å². The molecule has 7 heteroatoms. The predicted octanol–water partition coefficient (Wildman–Crippen LogP) is 3.64. The van der Waals surface area contributed by atoms with E-state index in [0.717, 1.165) is 18.7 Å². The molecule has 0 bridgehead atoms. The van der Waals surface area contributed by atoms with E-state index in [2.05, 4.69) is 21.8 Å². The van der Waals surface area contributed by atoms with Gasteiger partial charge in [0.25, 0.3) is 5.91 Å². The van der Waals surface area contributed by atoms with Crippen LogP contribution in [0.4, 0.5) is 5.69 Å². The summed E-state index contributed by atoms with van der Waals surface area (Å²) in [6.07, 6.45) is 3.11. The molecule has 0 saturated carbocycles. The second kappa shape index (κ2) is 9.62. The monoisotopic (exact) mass is 429 g/mol. The van der Waals surface area contributed by atoms with Gasteiger partial charge in [0.05, 0.1) is 4.90 Å². The van der Waals surface area contributed by atoms with E-state index in [1.165, 1.54) is 30.7 Å². The standard InChI is InChI=1S/C23H31N3O3S/c1-4-18(2)24-30(28,29)21-13-11-19(12-14-21)23(27)25(3)17-20-9-5-6-10-22(20)26-15-7-8-16-26/h5-6,9-14,18,24H,4,7-8,15-17H2,1-3H3. The number of para-hydroxylation sites is 1. The minimum atomic E-state index is -3.58. The predicted molar refractivity (Wildman–Crippen MR) is 120 cm³/mol. The third kappa shape index (κ3) is 5.21. The van der Waals surface area contributed by atoms with Gasteiger partial charge >= 0.3 is 0 Å². The van der Waals surface area contributed by atoms with Crippen LogP contribution in [0.5, 0.6) is 0 Å². The molecular weight excluding hydrogens is 398 g/mol. The van der Waals surface area contributed by atoms with Crippen molar-refractivity contribution < 1.29 is 13.2 Å². The summed E-state index contributed by atoms with van der Waals surface area (Å²) >= 11 is 0. The Hall–Kier alpha value is -2.38. The fourth-order valence-electron chi connectivity index (χ4n) is 3.65. The van der Waals surface area contributed by atoms with E-state index in [-0.39, 0.29) is 16.8 Å². The van der Waals surface area contributed by atoms with Gasteiger partial charge in [0.2, 0.25) is 10.0 Å². The number of carbonyl (C=O) groups is 1. The van der Waals surface area contributed by atoms with Crippen LogP contribution in [0.25, 0.3) is 0 Å². The summed E-state index contributed by atoms with van der Waals surface area (Å²) in [7, 11) is -1.80. The number of nitrogens with zero attached hydrogens (tertiary/aromatic N) is 2. The number of rotatable bonds is 8. The molecule has 1 atom stereocenters. The molecule has 1 fully saturated rings. The summed E-state index contributed by atoms with van der Waals surface area (Å²) in [4.78, 5) is 17.1. The maximum absolute atomic E-state index is 12.9. The molecule has 2 aromatic rings. The van der Waals surface area contributed by atoms with Crippen molar-refractivity contribution in [3.8, 4) is 0 Å². The van der Waals surface area contributed by atoms with E-state index in [0.29, 0.717) is 18.5 Å². The Bertz CT molecular complexity index is 967. The minimum Gasteiger partial charge on any atom is -0.371 e. The molecule has 0 radical (unpaired) electrons. The number of benzene rings is 2. The molecule has 162 valence electrons. The lowest BCUT2D eigenvalue weighted by molar-refractivity contribution is 0.0785. The number of amides is 1. The van der Waals surface area contributed by atoms with Gasteiger partial charge in [0.15, 0.2) is 0 Å². The number of sulfonamides is 1. The molecule has 0 spiro atoms. The molecule has 1 saturated heterocycles. The second-order valence-electron chi connectivity index (χ2n) is 7.94. The molecule has 1 heterocycles. The van der Waals surface area contributed by atoms with Gasteiger partial charge in [0, 0.05) is 44.0 Å². The highest BCUT2D eigenvalue weighted by molar-refractivity contribution is 7.89. The maximum Gasteiger partial charge on any atom is 0.253 e. The van der Waals surface area contributed by atoms with Crippen molar-refractivity contribution in [2.24, 2.45) is 0 Å². The van der Waals surface area contributed by atoms with Gasteiger partial charge in [-0.1, -0.05) is 25.1 Å². The zero-order chi connectivity index (χ0) is 21.7. The Morgan fingerprint density at radius 2 is 1.73 bits per heavy atom. The Kier molecular flexibility index (Phi) is 7.15. The quantitative estimate of drug-likeness (QED) is 0.696. The molecule has 3 rings (SSSR count). The van der Waals surface area contributed by atoms with E-state index >= 15 is 0 Å². The maximum atomic E-state index is 12.9. The summed E-state index contributed by atoms with van der Waals surface area (Å²) in [5.41, 5.74) is 2.78. The van der Waals surface area contributed by atoms with Crippen molar-refractivity contribution in [1.82, 2.24) is 9.62 Å². The topological polar surface area (TPSA) is 69.7 Å². The first kappa shape index (κ1) is 22.3. The van der Waals surface area contributed by atoms with Crippen molar-refractivity contribution in [2.45, 2.75) is 50.6 Å². The van der Waals surface area contributed by atoms with Crippen LogP contribution in [-0.4, -0.2) is 45.4 Å². The first-order chi connectivity index (χ1) is 14.3. The average Bonchev–Trinajstić information content (AvgIpc) is 3.28. The molecule has 1 N–H and O–H groups in total. The highest BCUT2D eigenvalue weighted by Gasteiger charge is 2.20. The summed E-state index contributed by atoms with van der Waals surface area (Å²) in [6, 6.07) is 14.2. The summed E-state index contributed by atoms with van der Waals surface area (Å²) in [5.74, 6) is -0.134. The van der Waals surface area contributed by atoms with Crippen molar-refractivity contribution in [2.75, 3.05) is 25.0 Å². The van der Waals surface area contributed by atoms with Crippen LogP contribution >= 0.6 is 0 Å². The highest BCUT2D eigenvalue weighted by atomic mass is 32.2. The van der Waals surface area contributed by atoms with Crippen LogP contribution in [0.15, 0.2) is 53.4 Å². The number of nitrogens with one attached hydrogen (secondary N) is 1. The first-order valence-corrected chi connectivity index (χ1v) is 12.0. The van der Waals surface area contributed by atoms with Crippen LogP contribution in [0.3, 0.4) is 0 Å². The Morgan fingerprint density at radius 3 is 2.37 bits per heavy atom. The van der Waals surface area contributed by atoms with Gasteiger partial charge in [0.1, 0.15) is 0 Å². The highest BCUT2D eigenvalue weighted by Crippen LogP contribution is 2.26. The van der Waals surface area contributed by atoms with Crippen molar-refractivity contribution >= 4 is 21.6 Å².